The van der Waals surface area contributed by atoms with E-state index in [0.717, 1.165) is 6.54 Å². The van der Waals surface area contributed by atoms with Crippen molar-refractivity contribution in [1.29, 1.82) is 0 Å². The Hall–Kier alpha value is -0.860. The van der Waals surface area contributed by atoms with Gasteiger partial charge in [0, 0.05) is 12.6 Å². The summed E-state index contributed by atoms with van der Waals surface area (Å²) in [6, 6.07) is 7.02. The zero-order valence-electron chi connectivity index (χ0n) is 13.7. The molecule has 0 amide bonds. The van der Waals surface area contributed by atoms with Gasteiger partial charge in [0.2, 0.25) is 0 Å². The van der Waals surface area contributed by atoms with E-state index in [0.29, 0.717) is 11.5 Å². The molecule has 1 aromatic rings. The van der Waals surface area contributed by atoms with Crippen LogP contribution in [0.2, 0.25) is 0 Å². The molecule has 2 N–H and O–H groups in total. The third-order valence-corrected chi connectivity index (χ3v) is 6.06. The number of piperidine rings is 1. The molecular formula is C19H30N2. The zero-order chi connectivity index (χ0) is 14.9. The van der Waals surface area contributed by atoms with Crippen molar-refractivity contribution in [1.82, 2.24) is 4.90 Å². The van der Waals surface area contributed by atoms with E-state index in [9.17, 15) is 0 Å². The van der Waals surface area contributed by atoms with Crippen molar-refractivity contribution in [2.75, 3.05) is 19.6 Å². The Kier molecular flexibility index (Phi) is 4.37. The molecule has 1 saturated carbocycles. The number of benzene rings is 1. The van der Waals surface area contributed by atoms with Crippen molar-refractivity contribution in [3.63, 3.8) is 0 Å². The molecule has 0 radical (unpaired) electrons. The van der Waals surface area contributed by atoms with Crippen molar-refractivity contribution < 1.29 is 0 Å². The predicted octanol–water partition coefficient (Wildman–Crippen LogP) is 3.96. The van der Waals surface area contributed by atoms with Crippen LogP contribution in [0, 0.1) is 19.3 Å². The normalized spacial score (nSPS) is 23.6. The third-order valence-electron chi connectivity index (χ3n) is 6.06. The summed E-state index contributed by atoms with van der Waals surface area (Å²) in [6.45, 7) is 7.66. The highest BCUT2D eigenvalue weighted by Crippen LogP contribution is 2.47. The van der Waals surface area contributed by atoms with E-state index in [4.69, 9.17) is 5.73 Å². The Bertz CT molecular complexity index is 458. The van der Waals surface area contributed by atoms with E-state index < -0.39 is 0 Å². The van der Waals surface area contributed by atoms with Crippen molar-refractivity contribution in [3.05, 3.63) is 34.9 Å². The molecule has 21 heavy (non-hydrogen) atoms. The molecule has 2 fully saturated rings. The monoisotopic (exact) mass is 286 g/mol. The summed E-state index contributed by atoms with van der Waals surface area (Å²) in [7, 11) is 0. The minimum Gasteiger partial charge on any atom is -0.329 e. The van der Waals surface area contributed by atoms with E-state index in [2.05, 4.69) is 36.9 Å². The summed E-state index contributed by atoms with van der Waals surface area (Å²) in [6.07, 6.45) is 8.62. The molecule has 3 rings (SSSR count). The topological polar surface area (TPSA) is 29.3 Å². The number of hydrogen-bond donors (Lipinski definition) is 1. The van der Waals surface area contributed by atoms with Gasteiger partial charge in [-0.3, -0.25) is 4.90 Å². The highest BCUT2D eigenvalue weighted by Gasteiger charge is 2.38. The second kappa shape index (κ2) is 6.10. The minimum atomic E-state index is 0.407. The van der Waals surface area contributed by atoms with Crippen LogP contribution in [-0.2, 0) is 0 Å². The number of likely N-dealkylation sites (tertiary alicyclic amines) is 1. The van der Waals surface area contributed by atoms with Crippen LogP contribution in [0.1, 0.15) is 61.3 Å². The standard InChI is InChI=1S/C19H30N2/c1-15-6-5-7-16(2)18(15)17(14-20)21-12-10-19(11-13-21)8-3-4-9-19/h5-7,17H,3-4,8-14,20H2,1-2H3. The molecule has 1 unspecified atom stereocenters. The average Bonchev–Trinajstić information content (AvgIpc) is 2.93. The number of aryl methyl sites for hydroxylation is 2. The van der Waals surface area contributed by atoms with Gasteiger partial charge < -0.3 is 5.73 Å². The van der Waals surface area contributed by atoms with Gasteiger partial charge >= 0.3 is 0 Å². The van der Waals surface area contributed by atoms with Crippen LogP contribution in [0.3, 0.4) is 0 Å². The van der Waals surface area contributed by atoms with E-state index in [-0.39, 0.29) is 0 Å². The van der Waals surface area contributed by atoms with Crippen LogP contribution < -0.4 is 5.73 Å². The van der Waals surface area contributed by atoms with E-state index in [1.165, 1.54) is 68.3 Å². The Morgan fingerprint density at radius 3 is 2.14 bits per heavy atom. The maximum absolute atomic E-state index is 6.18. The van der Waals surface area contributed by atoms with Gasteiger partial charge in [0.05, 0.1) is 0 Å². The Morgan fingerprint density at radius 2 is 1.62 bits per heavy atom. The fourth-order valence-corrected chi connectivity index (χ4v) is 4.74. The Labute approximate surface area is 129 Å². The first-order valence-electron chi connectivity index (χ1n) is 8.65. The van der Waals surface area contributed by atoms with Crippen LogP contribution in [0.25, 0.3) is 0 Å². The number of hydrogen-bond acceptors (Lipinski definition) is 2. The molecule has 0 bridgehead atoms. The Balaban J connectivity index is 1.76. The fraction of sp³-hybridized carbons (Fsp3) is 0.684. The molecule has 0 aromatic heterocycles. The molecule has 1 aromatic carbocycles. The van der Waals surface area contributed by atoms with Crippen molar-refractivity contribution in [2.45, 2.75) is 58.4 Å². The smallest absolute Gasteiger partial charge is 0.0475 e. The number of rotatable bonds is 3. The SMILES string of the molecule is Cc1cccc(C)c1C(CN)N1CCC2(CCCC2)CC1. The molecule has 1 spiro atoms. The van der Waals surface area contributed by atoms with Gasteiger partial charge in [-0.25, -0.2) is 0 Å². The molecular weight excluding hydrogens is 256 g/mol. The molecule has 1 saturated heterocycles. The van der Waals surface area contributed by atoms with Crippen LogP contribution in [0.15, 0.2) is 18.2 Å². The molecule has 2 heteroatoms. The second-order valence-corrected chi connectivity index (χ2v) is 7.30. The highest BCUT2D eigenvalue weighted by atomic mass is 15.2. The highest BCUT2D eigenvalue weighted by molar-refractivity contribution is 5.36. The first-order chi connectivity index (χ1) is 10.2. The Morgan fingerprint density at radius 1 is 1.05 bits per heavy atom. The van der Waals surface area contributed by atoms with Gasteiger partial charge in [-0.15, -0.1) is 0 Å². The first kappa shape index (κ1) is 15.1. The summed E-state index contributed by atoms with van der Waals surface area (Å²) in [5, 5.41) is 0. The van der Waals surface area contributed by atoms with Crippen molar-refractivity contribution in [2.24, 2.45) is 11.1 Å². The van der Waals surface area contributed by atoms with Gasteiger partial charge in [-0.05, 0) is 74.7 Å². The minimum absolute atomic E-state index is 0.407. The van der Waals surface area contributed by atoms with Gasteiger partial charge in [-0.2, -0.15) is 0 Å². The maximum atomic E-state index is 6.18. The zero-order valence-corrected chi connectivity index (χ0v) is 13.7. The summed E-state index contributed by atoms with van der Waals surface area (Å²) >= 11 is 0. The lowest BCUT2D eigenvalue weighted by Crippen LogP contribution is -2.43. The predicted molar refractivity (Wildman–Crippen MR) is 89.4 cm³/mol. The van der Waals surface area contributed by atoms with Crippen molar-refractivity contribution in [3.8, 4) is 0 Å². The van der Waals surface area contributed by atoms with Crippen LogP contribution in [-0.4, -0.2) is 24.5 Å². The van der Waals surface area contributed by atoms with E-state index in [1.807, 2.05) is 0 Å². The largest absolute Gasteiger partial charge is 0.329 e. The van der Waals surface area contributed by atoms with E-state index >= 15 is 0 Å². The molecule has 2 aliphatic rings. The molecule has 1 aliphatic carbocycles. The van der Waals surface area contributed by atoms with E-state index in [1.54, 1.807) is 0 Å². The maximum Gasteiger partial charge on any atom is 0.0475 e. The average molecular weight is 286 g/mol. The number of nitrogens with zero attached hydrogens (tertiary/aromatic N) is 1. The summed E-state index contributed by atoms with van der Waals surface area (Å²) < 4.78 is 0. The van der Waals surface area contributed by atoms with Gasteiger partial charge in [0.1, 0.15) is 0 Å². The molecule has 1 aliphatic heterocycles. The van der Waals surface area contributed by atoms with Crippen LogP contribution in [0.5, 0.6) is 0 Å². The lowest BCUT2D eigenvalue weighted by Gasteiger charge is -2.43. The molecule has 1 heterocycles. The quantitative estimate of drug-likeness (QED) is 0.911. The number of nitrogens with two attached hydrogens (primary N) is 1. The lowest BCUT2D eigenvalue weighted by molar-refractivity contribution is 0.0776. The molecule has 2 nitrogen and oxygen atoms in total. The van der Waals surface area contributed by atoms with Crippen LogP contribution >= 0.6 is 0 Å². The fourth-order valence-electron chi connectivity index (χ4n) is 4.74. The lowest BCUT2D eigenvalue weighted by atomic mass is 9.76. The van der Waals surface area contributed by atoms with Gasteiger partial charge in [0.15, 0.2) is 0 Å². The molecule has 116 valence electrons. The second-order valence-electron chi connectivity index (χ2n) is 7.30. The summed E-state index contributed by atoms with van der Waals surface area (Å²) in [5.41, 5.74) is 11.1. The van der Waals surface area contributed by atoms with Crippen LogP contribution in [0.4, 0.5) is 0 Å². The summed E-state index contributed by atoms with van der Waals surface area (Å²) in [4.78, 5) is 2.65. The van der Waals surface area contributed by atoms with Gasteiger partial charge in [-0.1, -0.05) is 31.0 Å². The van der Waals surface area contributed by atoms with Crippen molar-refractivity contribution >= 4 is 0 Å². The van der Waals surface area contributed by atoms with Gasteiger partial charge in [0.25, 0.3) is 0 Å². The molecule has 1 atom stereocenters. The third kappa shape index (κ3) is 2.89. The first-order valence-corrected chi connectivity index (χ1v) is 8.65. The summed E-state index contributed by atoms with van der Waals surface area (Å²) in [5.74, 6) is 0.